The number of ether oxygens (including phenoxy) is 2. The summed E-state index contributed by atoms with van der Waals surface area (Å²) in [4.78, 5) is 0. The zero-order chi connectivity index (χ0) is 12.3. The summed E-state index contributed by atoms with van der Waals surface area (Å²) >= 11 is 0. The molecule has 90 valence electrons. The molecule has 5 heteroatoms. The largest absolute Gasteiger partial charge is 0.493 e. The van der Waals surface area contributed by atoms with Gasteiger partial charge in [0, 0.05) is 0 Å². The van der Waals surface area contributed by atoms with Crippen molar-refractivity contribution >= 4 is 0 Å². The monoisotopic (exact) mass is 234 g/mol. The van der Waals surface area contributed by atoms with E-state index in [-0.39, 0.29) is 17.6 Å². The van der Waals surface area contributed by atoms with Gasteiger partial charge in [-0.05, 0) is 26.0 Å². The summed E-state index contributed by atoms with van der Waals surface area (Å²) in [6.07, 6.45) is -4.80. The van der Waals surface area contributed by atoms with Crippen LogP contribution in [0.3, 0.4) is 0 Å². The fourth-order valence-corrected chi connectivity index (χ4v) is 1.26. The van der Waals surface area contributed by atoms with Crippen LogP contribution in [-0.4, -0.2) is 13.2 Å². The molecule has 2 nitrogen and oxygen atoms in total. The maximum absolute atomic E-state index is 12.7. The zero-order valence-electron chi connectivity index (χ0n) is 9.26. The van der Waals surface area contributed by atoms with E-state index in [1.807, 2.05) is 0 Å². The molecule has 0 saturated heterocycles. The maximum Gasteiger partial charge on any atom is 0.420 e. The molecule has 1 rings (SSSR count). The Labute approximate surface area is 92.0 Å². The number of hydrogen-bond donors (Lipinski definition) is 0. The van der Waals surface area contributed by atoms with Gasteiger partial charge < -0.3 is 9.47 Å². The van der Waals surface area contributed by atoms with Gasteiger partial charge in [0.2, 0.25) is 0 Å². The van der Waals surface area contributed by atoms with Crippen LogP contribution in [-0.2, 0) is 6.18 Å². The number of halogens is 3. The van der Waals surface area contributed by atoms with E-state index in [0.29, 0.717) is 0 Å². The fourth-order valence-electron chi connectivity index (χ4n) is 1.26. The molecule has 0 saturated carbocycles. The van der Waals surface area contributed by atoms with E-state index < -0.39 is 11.7 Å². The number of para-hydroxylation sites is 1. The third-order valence-corrected chi connectivity index (χ3v) is 1.86. The highest BCUT2D eigenvalue weighted by Gasteiger charge is 2.36. The van der Waals surface area contributed by atoms with Crippen molar-refractivity contribution in [1.29, 1.82) is 0 Å². The van der Waals surface area contributed by atoms with E-state index in [9.17, 15) is 13.2 Å². The molecular formula is C11H13F3O2. The first-order valence-corrected chi connectivity index (χ1v) is 4.77. The highest BCUT2D eigenvalue weighted by atomic mass is 19.4. The van der Waals surface area contributed by atoms with Crippen molar-refractivity contribution < 1.29 is 22.6 Å². The molecule has 16 heavy (non-hydrogen) atoms. The van der Waals surface area contributed by atoms with Crippen LogP contribution in [0.5, 0.6) is 11.5 Å². The Morgan fingerprint density at radius 2 is 1.81 bits per heavy atom. The molecule has 0 atom stereocenters. The van der Waals surface area contributed by atoms with Gasteiger partial charge in [-0.25, -0.2) is 0 Å². The predicted octanol–water partition coefficient (Wildman–Crippen LogP) is 3.50. The topological polar surface area (TPSA) is 18.5 Å². The first-order chi connectivity index (χ1) is 7.36. The van der Waals surface area contributed by atoms with Crippen molar-refractivity contribution in [3.8, 4) is 11.5 Å². The minimum absolute atomic E-state index is 0.0866. The Morgan fingerprint density at radius 3 is 2.25 bits per heavy atom. The van der Waals surface area contributed by atoms with Crippen LogP contribution < -0.4 is 9.47 Å². The fraction of sp³-hybridized carbons (Fsp3) is 0.455. The van der Waals surface area contributed by atoms with Gasteiger partial charge in [0.15, 0.2) is 11.5 Å². The Hall–Kier alpha value is -1.39. The molecule has 0 heterocycles. The number of methoxy groups -OCH3 is 1. The van der Waals surface area contributed by atoms with Crippen LogP contribution in [0.1, 0.15) is 19.4 Å². The molecule has 0 aliphatic carbocycles. The quantitative estimate of drug-likeness (QED) is 0.796. The van der Waals surface area contributed by atoms with Crippen molar-refractivity contribution in [1.82, 2.24) is 0 Å². The molecule has 1 aromatic rings. The number of hydrogen-bond acceptors (Lipinski definition) is 2. The van der Waals surface area contributed by atoms with Crippen LogP contribution in [0.4, 0.5) is 13.2 Å². The average Bonchev–Trinajstić information content (AvgIpc) is 2.15. The second-order valence-corrected chi connectivity index (χ2v) is 3.50. The molecule has 0 fully saturated rings. The summed E-state index contributed by atoms with van der Waals surface area (Å²) in [5.74, 6) is -0.170. The molecule has 0 unspecified atom stereocenters. The standard InChI is InChI=1S/C11H13F3O2/c1-7(2)16-10-8(11(12,13)14)5-4-6-9(10)15-3/h4-7H,1-3H3. The molecule has 1 aromatic carbocycles. The van der Waals surface area contributed by atoms with Crippen LogP contribution >= 0.6 is 0 Å². The summed E-state index contributed by atoms with van der Waals surface area (Å²) in [5.41, 5.74) is -0.819. The van der Waals surface area contributed by atoms with E-state index in [1.54, 1.807) is 13.8 Å². The number of benzene rings is 1. The second kappa shape index (κ2) is 4.63. The molecule has 0 aliphatic rings. The van der Waals surface area contributed by atoms with E-state index in [1.165, 1.54) is 19.2 Å². The van der Waals surface area contributed by atoms with Crippen LogP contribution in [0, 0.1) is 0 Å². The third-order valence-electron chi connectivity index (χ3n) is 1.86. The SMILES string of the molecule is COc1cccc(C(F)(F)F)c1OC(C)C. The van der Waals surface area contributed by atoms with Gasteiger partial charge >= 0.3 is 6.18 Å². The summed E-state index contributed by atoms with van der Waals surface area (Å²) < 4.78 is 48.0. The van der Waals surface area contributed by atoms with Crippen molar-refractivity contribution in [2.45, 2.75) is 26.1 Å². The summed E-state index contributed by atoms with van der Waals surface area (Å²) in [6.45, 7) is 3.32. The summed E-state index contributed by atoms with van der Waals surface area (Å²) in [6, 6.07) is 3.70. The van der Waals surface area contributed by atoms with E-state index in [4.69, 9.17) is 9.47 Å². The average molecular weight is 234 g/mol. The van der Waals surface area contributed by atoms with Crippen LogP contribution in [0.25, 0.3) is 0 Å². The van der Waals surface area contributed by atoms with Gasteiger partial charge in [0.1, 0.15) is 5.56 Å². The van der Waals surface area contributed by atoms with Gasteiger partial charge in [0.05, 0.1) is 13.2 Å². The Balaban J connectivity index is 3.26. The summed E-state index contributed by atoms with van der Waals surface area (Å²) in [7, 11) is 1.31. The zero-order valence-corrected chi connectivity index (χ0v) is 9.26. The van der Waals surface area contributed by atoms with Crippen molar-refractivity contribution in [2.24, 2.45) is 0 Å². The predicted molar refractivity (Wildman–Crippen MR) is 53.8 cm³/mol. The van der Waals surface area contributed by atoms with Crippen molar-refractivity contribution in [3.05, 3.63) is 23.8 Å². The molecule has 0 N–H and O–H groups in total. The van der Waals surface area contributed by atoms with Gasteiger partial charge in [-0.15, -0.1) is 0 Å². The van der Waals surface area contributed by atoms with Gasteiger partial charge in [-0.2, -0.15) is 13.2 Å². The Bertz CT molecular complexity index is 359. The first-order valence-electron chi connectivity index (χ1n) is 4.77. The molecule has 0 radical (unpaired) electrons. The second-order valence-electron chi connectivity index (χ2n) is 3.50. The molecule has 0 amide bonds. The minimum Gasteiger partial charge on any atom is -0.493 e. The Morgan fingerprint density at radius 1 is 1.19 bits per heavy atom. The molecule has 0 bridgehead atoms. The first kappa shape index (κ1) is 12.7. The lowest BCUT2D eigenvalue weighted by atomic mass is 10.1. The van der Waals surface area contributed by atoms with Gasteiger partial charge in [-0.1, -0.05) is 6.07 Å². The molecule has 0 aliphatic heterocycles. The maximum atomic E-state index is 12.7. The van der Waals surface area contributed by atoms with Crippen molar-refractivity contribution in [2.75, 3.05) is 7.11 Å². The lowest BCUT2D eigenvalue weighted by Gasteiger charge is -2.18. The molecular weight excluding hydrogens is 221 g/mol. The Kier molecular flexibility index (Phi) is 3.67. The lowest BCUT2D eigenvalue weighted by molar-refractivity contribution is -0.139. The van der Waals surface area contributed by atoms with Crippen LogP contribution in [0.2, 0.25) is 0 Å². The van der Waals surface area contributed by atoms with Crippen LogP contribution in [0.15, 0.2) is 18.2 Å². The third kappa shape index (κ3) is 2.81. The van der Waals surface area contributed by atoms with Gasteiger partial charge in [-0.3, -0.25) is 0 Å². The van der Waals surface area contributed by atoms with E-state index >= 15 is 0 Å². The molecule has 0 aromatic heterocycles. The van der Waals surface area contributed by atoms with E-state index in [0.717, 1.165) is 6.07 Å². The smallest absolute Gasteiger partial charge is 0.420 e. The lowest BCUT2D eigenvalue weighted by Crippen LogP contribution is -2.13. The van der Waals surface area contributed by atoms with Crippen molar-refractivity contribution in [3.63, 3.8) is 0 Å². The summed E-state index contributed by atoms with van der Waals surface area (Å²) in [5, 5.41) is 0. The highest BCUT2D eigenvalue weighted by Crippen LogP contribution is 2.41. The molecule has 0 spiro atoms. The highest BCUT2D eigenvalue weighted by molar-refractivity contribution is 5.48. The number of alkyl halides is 3. The number of rotatable bonds is 3. The minimum atomic E-state index is -4.45. The van der Waals surface area contributed by atoms with E-state index in [2.05, 4.69) is 0 Å². The van der Waals surface area contributed by atoms with Gasteiger partial charge in [0.25, 0.3) is 0 Å². The normalized spacial score (nSPS) is 11.7.